The Balaban J connectivity index is 1.85. The van der Waals surface area contributed by atoms with Crippen molar-refractivity contribution in [2.45, 2.75) is 24.2 Å². The third-order valence-electron chi connectivity index (χ3n) is 3.83. The number of hydrogen-bond donors (Lipinski definition) is 0. The van der Waals surface area contributed by atoms with Crippen molar-refractivity contribution >= 4 is 16.3 Å². The van der Waals surface area contributed by atoms with Gasteiger partial charge >= 0.3 is 0 Å². The van der Waals surface area contributed by atoms with Gasteiger partial charge in [0.1, 0.15) is 5.76 Å². The molecular formula is C16H17NO4S. The zero-order chi connectivity index (χ0) is 15.6. The molecule has 1 aromatic heterocycles. The highest BCUT2D eigenvalue weighted by Gasteiger charge is 2.25. The fourth-order valence-electron chi connectivity index (χ4n) is 2.62. The first kappa shape index (κ1) is 15.0. The first-order chi connectivity index (χ1) is 10.6. The van der Waals surface area contributed by atoms with Gasteiger partial charge in [-0.25, -0.2) is 8.42 Å². The average molecular weight is 319 g/mol. The van der Waals surface area contributed by atoms with Gasteiger partial charge in [-0.1, -0.05) is 6.42 Å². The summed E-state index contributed by atoms with van der Waals surface area (Å²) in [6.07, 6.45) is 3.55. The number of carbonyl (C=O) groups is 1. The molecule has 22 heavy (non-hydrogen) atoms. The summed E-state index contributed by atoms with van der Waals surface area (Å²) in [5.41, 5.74) is 0.741. The van der Waals surface area contributed by atoms with Gasteiger partial charge in [0.2, 0.25) is 10.0 Å². The Morgan fingerprint density at radius 2 is 1.64 bits per heavy atom. The monoisotopic (exact) mass is 319 g/mol. The molecular weight excluding hydrogens is 302 g/mol. The van der Waals surface area contributed by atoms with Gasteiger partial charge in [0.25, 0.3) is 0 Å². The normalized spacial score (nSPS) is 16.5. The zero-order valence-corrected chi connectivity index (χ0v) is 12.9. The van der Waals surface area contributed by atoms with Crippen molar-refractivity contribution in [3.05, 3.63) is 42.2 Å². The second-order valence-electron chi connectivity index (χ2n) is 5.31. The number of nitrogens with zero attached hydrogens (tertiary/aromatic N) is 1. The fraction of sp³-hybridized carbons (Fsp3) is 0.312. The lowest BCUT2D eigenvalue weighted by Gasteiger charge is -2.25. The Bertz CT molecular complexity index is 756. The second-order valence-corrected chi connectivity index (χ2v) is 7.25. The molecule has 1 aliphatic rings. The summed E-state index contributed by atoms with van der Waals surface area (Å²) < 4.78 is 32.0. The maximum Gasteiger partial charge on any atom is 0.243 e. The highest BCUT2D eigenvalue weighted by Crippen LogP contribution is 2.25. The Labute approximate surface area is 129 Å². The summed E-state index contributed by atoms with van der Waals surface area (Å²) in [6.45, 7) is 1.18. The molecule has 1 aliphatic heterocycles. The fourth-order valence-corrected chi connectivity index (χ4v) is 4.13. The van der Waals surface area contributed by atoms with Crippen LogP contribution in [0.5, 0.6) is 0 Å². The highest BCUT2D eigenvalue weighted by molar-refractivity contribution is 7.89. The van der Waals surface area contributed by atoms with E-state index in [1.807, 2.05) is 0 Å². The van der Waals surface area contributed by atoms with Crippen molar-refractivity contribution < 1.29 is 17.6 Å². The Morgan fingerprint density at radius 3 is 2.23 bits per heavy atom. The van der Waals surface area contributed by atoms with E-state index in [1.165, 1.54) is 0 Å². The molecule has 0 spiro atoms. The largest absolute Gasteiger partial charge is 0.453 e. The van der Waals surface area contributed by atoms with Crippen molar-refractivity contribution in [3.8, 4) is 11.3 Å². The number of piperidine rings is 1. The quantitative estimate of drug-likeness (QED) is 0.813. The molecule has 0 aliphatic carbocycles. The molecule has 0 radical (unpaired) electrons. The molecule has 2 heterocycles. The third-order valence-corrected chi connectivity index (χ3v) is 5.75. The van der Waals surface area contributed by atoms with Gasteiger partial charge in [0.15, 0.2) is 12.0 Å². The lowest BCUT2D eigenvalue weighted by atomic mass is 10.2. The van der Waals surface area contributed by atoms with E-state index in [4.69, 9.17) is 4.42 Å². The topological polar surface area (TPSA) is 67.6 Å². The van der Waals surface area contributed by atoms with Gasteiger partial charge in [-0.2, -0.15) is 4.31 Å². The molecule has 1 aromatic carbocycles. The summed E-state index contributed by atoms with van der Waals surface area (Å²) in [6, 6.07) is 9.85. The summed E-state index contributed by atoms with van der Waals surface area (Å²) in [5.74, 6) is 0.795. The van der Waals surface area contributed by atoms with Gasteiger partial charge in [0, 0.05) is 18.7 Å². The first-order valence-electron chi connectivity index (χ1n) is 7.27. The van der Waals surface area contributed by atoms with Gasteiger partial charge in [-0.15, -0.1) is 0 Å². The van der Waals surface area contributed by atoms with E-state index in [-0.39, 0.29) is 5.76 Å². The minimum atomic E-state index is -3.41. The molecule has 0 amide bonds. The molecule has 6 heteroatoms. The van der Waals surface area contributed by atoms with Crippen LogP contribution in [-0.4, -0.2) is 32.1 Å². The lowest BCUT2D eigenvalue weighted by molar-refractivity contribution is 0.110. The van der Waals surface area contributed by atoms with Crippen LogP contribution in [0.25, 0.3) is 11.3 Å². The van der Waals surface area contributed by atoms with E-state index in [2.05, 4.69) is 0 Å². The molecule has 5 nitrogen and oxygen atoms in total. The predicted octanol–water partition coefficient (Wildman–Crippen LogP) is 2.93. The summed E-state index contributed by atoms with van der Waals surface area (Å²) in [5, 5.41) is 0. The number of rotatable bonds is 4. The van der Waals surface area contributed by atoms with Gasteiger partial charge in [-0.3, -0.25) is 4.79 Å². The number of carbonyl (C=O) groups excluding carboxylic acids is 1. The molecule has 0 N–H and O–H groups in total. The van der Waals surface area contributed by atoms with E-state index >= 15 is 0 Å². The molecule has 3 rings (SSSR count). The predicted molar refractivity (Wildman–Crippen MR) is 82.1 cm³/mol. The van der Waals surface area contributed by atoms with E-state index < -0.39 is 10.0 Å². The molecule has 1 saturated heterocycles. The first-order valence-corrected chi connectivity index (χ1v) is 8.71. The summed E-state index contributed by atoms with van der Waals surface area (Å²) >= 11 is 0. The van der Waals surface area contributed by atoms with Crippen LogP contribution in [-0.2, 0) is 10.0 Å². The van der Waals surface area contributed by atoms with Crippen molar-refractivity contribution in [1.29, 1.82) is 0 Å². The minimum Gasteiger partial charge on any atom is -0.453 e. The number of hydrogen-bond acceptors (Lipinski definition) is 4. The SMILES string of the molecule is O=Cc1ccc(-c2ccc(S(=O)(=O)N3CCCCC3)cc2)o1. The minimum absolute atomic E-state index is 0.250. The van der Waals surface area contributed by atoms with E-state index in [0.717, 1.165) is 24.8 Å². The Morgan fingerprint density at radius 1 is 0.955 bits per heavy atom. The molecule has 116 valence electrons. The third kappa shape index (κ3) is 2.84. The summed E-state index contributed by atoms with van der Waals surface area (Å²) in [4.78, 5) is 10.9. The average Bonchev–Trinajstić information content (AvgIpc) is 3.05. The molecule has 0 saturated carbocycles. The molecule has 1 fully saturated rings. The number of benzene rings is 1. The maximum absolute atomic E-state index is 12.5. The maximum atomic E-state index is 12.5. The van der Waals surface area contributed by atoms with Crippen LogP contribution in [0.4, 0.5) is 0 Å². The number of furan rings is 1. The zero-order valence-electron chi connectivity index (χ0n) is 12.1. The van der Waals surface area contributed by atoms with Gasteiger partial charge in [-0.05, 0) is 49.2 Å². The van der Waals surface area contributed by atoms with Crippen LogP contribution < -0.4 is 0 Å². The Kier molecular flexibility index (Phi) is 4.13. The smallest absolute Gasteiger partial charge is 0.243 e. The van der Waals surface area contributed by atoms with Crippen molar-refractivity contribution in [2.24, 2.45) is 0 Å². The standard InChI is InChI=1S/C16H17NO4S/c18-12-14-6-9-16(21-14)13-4-7-15(8-5-13)22(19,20)17-10-2-1-3-11-17/h4-9,12H,1-3,10-11H2. The van der Waals surface area contributed by atoms with Crippen LogP contribution >= 0.6 is 0 Å². The van der Waals surface area contributed by atoms with Crippen LogP contribution in [0.3, 0.4) is 0 Å². The van der Waals surface area contributed by atoms with Crippen molar-refractivity contribution in [2.75, 3.05) is 13.1 Å². The second kappa shape index (κ2) is 6.06. The molecule has 0 unspecified atom stereocenters. The van der Waals surface area contributed by atoms with Gasteiger partial charge < -0.3 is 4.42 Å². The number of aldehydes is 1. The van der Waals surface area contributed by atoms with E-state index in [9.17, 15) is 13.2 Å². The summed E-state index contributed by atoms with van der Waals surface area (Å²) in [7, 11) is -3.41. The van der Waals surface area contributed by atoms with Gasteiger partial charge in [0.05, 0.1) is 4.90 Å². The van der Waals surface area contributed by atoms with Crippen LogP contribution in [0.2, 0.25) is 0 Å². The molecule has 2 aromatic rings. The van der Waals surface area contributed by atoms with Crippen molar-refractivity contribution in [3.63, 3.8) is 0 Å². The van der Waals surface area contributed by atoms with Crippen LogP contribution in [0.1, 0.15) is 29.8 Å². The molecule has 0 atom stereocenters. The number of sulfonamides is 1. The van der Waals surface area contributed by atoms with Crippen LogP contribution in [0, 0.1) is 0 Å². The van der Waals surface area contributed by atoms with Crippen molar-refractivity contribution in [1.82, 2.24) is 4.31 Å². The van der Waals surface area contributed by atoms with E-state index in [0.29, 0.717) is 30.0 Å². The highest BCUT2D eigenvalue weighted by atomic mass is 32.2. The van der Waals surface area contributed by atoms with E-state index in [1.54, 1.807) is 40.7 Å². The lowest BCUT2D eigenvalue weighted by Crippen LogP contribution is -2.35. The van der Waals surface area contributed by atoms with Crippen LogP contribution in [0.15, 0.2) is 45.7 Å². The molecule has 0 bridgehead atoms. The Hall–Kier alpha value is -1.92.